The summed E-state index contributed by atoms with van der Waals surface area (Å²) in [7, 11) is 1.63. The summed E-state index contributed by atoms with van der Waals surface area (Å²) in [4.78, 5) is 27.3. The molecule has 2 aliphatic rings. The van der Waals surface area contributed by atoms with E-state index < -0.39 is 11.9 Å². The highest BCUT2D eigenvalue weighted by atomic mass is 79.9. The fourth-order valence-electron chi connectivity index (χ4n) is 5.20. The number of rotatable bonds is 10. The molecule has 0 bridgehead atoms. The van der Waals surface area contributed by atoms with Crippen LogP contribution in [0.3, 0.4) is 0 Å². The Bertz CT molecular complexity index is 1300. The smallest absolute Gasteiger partial charge is 0.336 e. The Morgan fingerprint density at radius 1 is 1.15 bits per heavy atom. The molecule has 0 radical (unpaired) electrons. The van der Waals surface area contributed by atoms with Crippen molar-refractivity contribution in [3.05, 3.63) is 74.5 Å². The number of carbonyl (C=O) groups is 2. The highest BCUT2D eigenvalue weighted by Gasteiger charge is 2.42. The van der Waals surface area contributed by atoms with Crippen LogP contribution in [-0.2, 0) is 14.3 Å². The standard InChI is InChI=1S/C30H34BrNO6S/c1-5-37-25-16-20(13-22(31)29(25)34)27-26(30(35)38-11-12-39-6-2)17(3)32-23-14-19(15-24(33)28(23)27)18-7-9-21(36-4)10-8-18/h7-10,13,16,19,27,32,34H,5-6,11-12,14-15H2,1-4H3. The molecular weight excluding hydrogens is 582 g/mol. The van der Waals surface area contributed by atoms with Crippen molar-refractivity contribution in [2.75, 3.05) is 31.8 Å². The van der Waals surface area contributed by atoms with Crippen molar-refractivity contribution in [3.63, 3.8) is 0 Å². The number of ether oxygens (including phenoxy) is 3. The van der Waals surface area contributed by atoms with Gasteiger partial charge in [0, 0.05) is 35.1 Å². The molecule has 2 atom stereocenters. The monoisotopic (exact) mass is 615 g/mol. The van der Waals surface area contributed by atoms with Gasteiger partial charge in [0.1, 0.15) is 12.4 Å². The molecule has 2 aromatic carbocycles. The maximum absolute atomic E-state index is 13.9. The fourth-order valence-corrected chi connectivity index (χ4v) is 6.15. The summed E-state index contributed by atoms with van der Waals surface area (Å²) in [6, 6.07) is 11.2. The maximum Gasteiger partial charge on any atom is 0.336 e. The van der Waals surface area contributed by atoms with Gasteiger partial charge in [-0.15, -0.1) is 0 Å². The SMILES string of the molecule is CCOc1cc(C2C(C(=O)OCCSCC)=C(C)NC3=C2C(=O)CC(c2ccc(OC)cc2)C3)cc(Br)c1O. The average molecular weight is 617 g/mol. The molecule has 4 rings (SSSR count). The molecule has 0 amide bonds. The van der Waals surface area contributed by atoms with E-state index in [4.69, 9.17) is 14.2 Å². The van der Waals surface area contributed by atoms with Gasteiger partial charge < -0.3 is 24.6 Å². The third-order valence-corrected chi connectivity index (χ3v) is 8.45. The van der Waals surface area contributed by atoms with Crippen LogP contribution in [0.2, 0.25) is 0 Å². The predicted octanol–water partition coefficient (Wildman–Crippen LogP) is 6.22. The number of methoxy groups -OCH3 is 1. The van der Waals surface area contributed by atoms with Crippen LogP contribution in [0.15, 0.2) is 63.4 Å². The first-order valence-electron chi connectivity index (χ1n) is 13.1. The van der Waals surface area contributed by atoms with Crippen LogP contribution in [0.4, 0.5) is 0 Å². The topological polar surface area (TPSA) is 94.1 Å². The van der Waals surface area contributed by atoms with E-state index in [0.717, 1.165) is 22.8 Å². The summed E-state index contributed by atoms with van der Waals surface area (Å²) in [6.07, 6.45) is 0.934. The van der Waals surface area contributed by atoms with Crippen LogP contribution in [0.25, 0.3) is 0 Å². The van der Waals surface area contributed by atoms with Crippen LogP contribution in [0.1, 0.15) is 56.6 Å². The zero-order chi connectivity index (χ0) is 28.1. The quantitative estimate of drug-likeness (QED) is 0.240. The first-order chi connectivity index (χ1) is 18.8. The van der Waals surface area contributed by atoms with Crippen molar-refractivity contribution in [2.24, 2.45) is 0 Å². The van der Waals surface area contributed by atoms with Gasteiger partial charge in [-0.25, -0.2) is 4.79 Å². The number of aromatic hydroxyl groups is 1. The van der Waals surface area contributed by atoms with E-state index in [1.54, 1.807) is 31.0 Å². The van der Waals surface area contributed by atoms with E-state index in [2.05, 4.69) is 28.2 Å². The van der Waals surface area contributed by atoms with Crippen LogP contribution in [-0.4, -0.2) is 48.7 Å². The number of allylic oxidation sites excluding steroid dienone is 3. The van der Waals surface area contributed by atoms with E-state index >= 15 is 0 Å². The minimum atomic E-state index is -0.659. The summed E-state index contributed by atoms with van der Waals surface area (Å²) in [6.45, 7) is 6.36. The first kappa shape index (κ1) is 29.1. The summed E-state index contributed by atoms with van der Waals surface area (Å²) in [5.74, 6) is 1.50. The van der Waals surface area contributed by atoms with Gasteiger partial charge in [0.2, 0.25) is 0 Å². The molecule has 2 unspecified atom stereocenters. The summed E-state index contributed by atoms with van der Waals surface area (Å²) < 4.78 is 17.1. The molecule has 7 nitrogen and oxygen atoms in total. The zero-order valence-electron chi connectivity index (χ0n) is 22.6. The van der Waals surface area contributed by atoms with Crippen LogP contribution < -0.4 is 14.8 Å². The van der Waals surface area contributed by atoms with E-state index in [9.17, 15) is 14.7 Å². The highest BCUT2D eigenvalue weighted by molar-refractivity contribution is 9.10. The Balaban J connectivity index is 1.77. The number of benzene rings is 2. The number of ketones is 1. The molecule has 39 heavy (non-hydrogen) atoms. The third-order valence-electron chi connectivity index (χ3n) is 6.98. The summed E-state index contributed by atoms with van der Waals surface area (Å²) in [5.41, 5.74) is 4.13. The van der Waals surface area contributed by atoms with Gasteiger partial charge in [-0.2, -0.15) is 11.8 Å². The lowest BCUT2D eigenvalue weighted by molar-refractivity contribution is -0.138. The molecule has 1 aliphatic heterocycles. The lowest BCUT2D eigenvalue weighted by Gasteiger charge is -2.37. The second-order valence-electron chi connectivity index (χ2n) is 9.41. The van der Waals surface area contributed by atoms with E-state index in [-0.39, 0.29) is 29.8 Å². The molecule has 9 heteroatoms. The van der Waals surface area contributed by atoms with Crippen molar-refractivity contribution in [3.8, 4) is 17.2 Å². The molecule has 0 aromatic heterocycles. The van der Waals surface area contributed by atoms with Gasteiger partial charge in [0.25, 0.3) is 0 Å². The lowest BCUT2D eigenvalue weighted by Crippen LogP contribution is -2.36. The van der Waals surface area contributed by atoms with Gasteiger partial charge in [-0.05, 0) is 83.3 Å². The van der Waals surface area contributed by atoms with Gasteiger partial charge in [0.05, 0.1) is 23.8 Å². The second kappa shape index (κ2) is 13.0. The largest absolute Gasteiger partial charge is 0.503 e. The number of carbonyl (C=O) groups excluding carboxylic acids is 2. The Hall–Kier alpha value is -2.91. The highest BCUT2D eigenvalue weighted by Crippen LogP contribution is 2.48. The molecule has 0 spiro atoms. The van der Waals surface area contributed by atoms with Crippen LogP contribution in [0, 0.1) is 0 Å². The number of hydrogen-bond donors (Lipinski definition) is 2. The minimum absolute atomic E-state index is 0.00628. The van der Waals surface area contributed by atoms with Crippen LogP contribution in [0.5, 0.6) is 17.2 Å². The molecule has 2 N–H and O–H groups in total. The summed E-state index contributed by atoms with van der Waals surface area (Å²) >= 11 is 5.12. The Morgan fingerprint density at radius 2 is 1.90 bits per heavy atom. The Morgan fingerprint density at radius 3 is 2.56 bits per heavy atom. The first-order valence-corrected chi connectivity index (χ1v) is 15.0. The van der Waals surface area contributed by atoms with E-state index in [1.165, 1.54) is 0 Å². The second-order valence-corrected chi connectivity index (χ2v) is 11.7. The molecule has 1 aliphatic carbocycles. The summed E-state index contributed by atoms with van der Waals surface area (Å²) in [5, 5.41) is 13.9. The van der Waals surface area contributed by atoms with Crippen molar-refractivity contribution in [1.82, 2.24) is 5.32 Å². The molecule has 0 fully saturated rings. The Kier molecular flexibility index (Phi) is 9.67. The number of phenols is 1. The number of nitrogens with one attached hydrogen (secondary N) is 1. The number of dihydropyridines is 1. The molecule has 0 saturated heterocycles. The van der Waals surface area contributed by atoms with Gasteiger partial charge in [0.15, 0.2) is 17.3 Å². The number of esters is 1. The number of thioether (sulfide) groups is 1. The predicted molar refractivity (Wildman–Crippen MR) is 157 cm³/mol. The van der Waals surface area contributed by atoms with Gasteiger partial charge in [-0.3, -0.25) is 4.79 Å². The van der Waals surface area contributed by atoms with Crippen molar-refractivity contribution >= 4 is 39.4 Å². The molecule has 208 valence electrons. The third kappa shape index (κ3) is 6.30. The fraction of sp³-hybridized carbons (Fsp3) is 0.400. The molecular formula is C30H34BrNO6S. The molecule has 1 heterocycles. The number of halogens is 1. The molecule has 2 aromatic rings. The number of Topliss-reactive ketones (excluding diaryl/α,β-unsaturated/α-hetero) is 1. The lowest BCUT2D eigenvalue weighted by atomic mass is 9.71. The van der Waals surface area contributed by atoms with Crippen molar-refractivity contribution in [2.45, 2.75) is 45.4 Å². The molecule has 0 saturated carbocycles. The van der Waals surface area contributed by atoms with Crippen LogP contribution >= 0.6 is 27.7 Å². The van der Waals surface area contributed by atoms with Gasteiger partial charge in [-0.1, -0.05) is 19.1 Å². The van der Waals surface area contributed by atoms with Gasteiger partial charge >= 0.3 is 5.97 Å². The normalized spacial score (nSPS) is 18.9. The van der Waals surface area contributed by atoms with Crippen molar-refractivity contribution in [1.29, 1.82) is 0 Å². The Labute approximate surface area is 242 Å². The minimum Gasteiger partial charge on any atom is -0.503 e. The maximum atomic E-state index is 13.9. The zero-order valence-corrected chi connectivity index (χ0v) is 25.0. The van der Waals surface area contributed by atoms with E-state index in [0.29, 0.717) is 52.1 Å². The number of phenolic OH excluding ortho intramolecular Hbond substituents is 1. The number of hydrogen-bond acceptors (Lipinski definition) is 8. The van der Waals surface area contributed by atoms with E-state index in [1.807, 2.05) is 38.1 Å². The van der Waals surface area contributed by atoms with Crippen molar-refractivity contribution < 1.29 is 28.9 Å². The average Bonchev–Trinajstić information content (AvgIpc) is 2.92.